The summed E-state index contributed by atoms with van der Waals surface area (Å²) in [6.07, 6.45) is 0.899. The van der Waals surface area contributed by atoms with Crippen LogP contribution in [0.25, 0.3) is 0 Å². The molecule has 104 valence electrons. The first-order valence-corrected chi connectivity index (χ1v) is 6.41. The van der Waals surface area contributed by atoms with Crippen LogP contribution in [0.4, 0.5) is 5.13 Å². The number of nitrogens with two attached hydrogens (primary N) is 1. The lowest BCUT2D eigenvalue weighted by Gasteiger charge is -2.11. The normalized spacial score (nSPS) is 11.8. The average Bonchev–Trinajstić information content (AvgIpc) is 2.66. The number of aryl methyl sites for hydroxylation is 2. The smallest absolute Gasteiger partial charge is 0.228 e. The lowest BCUT2D eigenvalue weighted by atomic mass is 10.2. The molecule has 1 aromatic rings. The topological polar surface area (TPSA) is 77.2 Å². The number of hydrogen-bond donors (Lipinski definition) is 2. The number of rotatable bonds is 6. The van der Waals surface area contributed by atoms with Crippen molar-refractivity contribution >= 4 is 34.8 Å². The Labute approximate surface area is 118 Å². The molecule has 1 rings (SSSR count). The van der Waals surface area contributed by atoms with Gasteiger partial charge in [0.2, 0.25) is 5.91 Å². The third kappa shape index (κ3) is 4.89. The summed E-state index contributed by atoms with van der Waals surface area (Å²) in [5, 5.41) is 3.42. The molecule has 18 heavy (non-hydrogen) atoms. The maximum atomic E-state index is 11.7. The van der Waals surface area contributed by atoms with Crippen LogP contribution in [0.15, 0.2) is 0 Å². The van der Waals surface area contributed by atoms with E-state index in [1.165, 1.54) is 11.3 Å². The number of nitrogens with zero attached hydrogens (tertiary/aromatic N) is 1. The molecule has 0 bridgehead atoms. The molecule has 7 heteroatoms. The van der Waals surface area contributed by atoms with E-state index >= 15 is 0 Å². The molecular weight excluding hydrogens is 274 g/mol. The van der Waals surface area contributed by atoms with E-state index in [2.05, 4.69) is 10.3 Å². The van der Waals surface area contributed by atoms with Crippen molar-refractivity contribution in [1.82, 2.24) is 4.98 Å². The Morgan fingerprint density at radius 1 is 1.61 bits per heavy atom. The number of carbonyl (C=O) groups excluding carboxylic acids is 1. The minimum absolute atomic E-state index is 0. The Hall–Kier alpha value is -0.690. The lowest BCUT2D eigenvalue weighted by Crippen LogP contribution is -2.28. The van der Waals surface area contributed by atoms with Gasteiger partial charge in [0, 0.05) is 18.5 Å². The molecule has 0 aliphatic carbocycles. The van der Waals surface area contributed by atoms with E-state index in [0.717, 1.165) is 17.0 Å². The van der Waals surface area contributed by atoms with Crippen molar-refractivity contribution < 1.29 is 9.53 Å². The largest absolute Gasteiger partial charge is 0.380 e. The fourth-order valence-electron chi connectivity index (χ4n) is 1.45. The van der Waals surface area contributed by atoms with Gasteiger partial charge in [0.05, 0.1) is 18.2 Å². The molecule has 1 unspecified atom stereocenters. The van der Waals surface area contributed by atoms with Crippen molar-refractivity contribution in [1.29, 1.82) is 0 Å². The van der Waals surface area contributed by atoms with E-state index in [1.807, 2.05) is 13.8 Å². The predicted molar refractivity (Wildman–Crippen MR) is 76.6 cm³/mol. The first-order chi connectivity index (χ1) is 8.10. The Morgan fingerprint density at radius 2 is 2.28 bits per heavy atom. The first-order valence-electron chi connectivity index (χ1n) is 5.59. The summed E-state index contributed by atoms with van der Waals surface area (Å²) in [6.45, 7) is 4.38. The molecular formula is C11H20ClN3O2S. The second-order valence-electron chi connectivity index (χ2n) is 3.72. The summed E-state index contributed by atoms with van der Waals surface area (Å²) in [6, 6.07) is 0. The van der Waals surface area contributed by atoms with Gasteiger partial charge in [0.1, 0.15) is 0 Å². The van der Waals surface area contributed by atoms with E-state index in [9.17, 15) is 4.79 Å². The fraction of sp³-hybridized carbons (Fsp3) is 0.636. The first kappa shape index (κ1) is 17.3. The summed E-state index contributed by atoms with van der Waals surface area (Å²) in [5.41, 5.74) is 6.49. The maximum absolute atomic E-state index is 11.7. The molecule has 0 aliphatic heterocycles. The van der Waals surface area contributed by atoms with Gasteiger partial charge in [-0.25, -0.2) is 4.98 Å². The molecule has 0 aromatic carbocycles. The van der Waals surface area contributed by atoms with Gasteiger partial charge in [-0.2, -0.15) is 0 Å². The summed E-state index contributed by atoms with van der Waals surface area (Å²) >= 11 is 1.49. The Kier molecular flexibility index (Phi) is 8.10. The monoisotopic (exact) mass is 293 g/mol. The van der Waals surface area contributed by atoms with Gasteiger partial charge in [0.25, 0.3) is 0 Å². The van der Waals surface area contributed by atoms with E-state index in [-0.39, 0.29) is 30.8 Å². The van der Waals surface area contributed by atoms with Crippen LogP contribution in [0.5, 0.6) is 0 Å². The highest BCUT2D eigenvalue weighted by molar-refractivity contribution is 7.15. The highest BCUT2D eigenvalue weighted by Crippen LogP contribution is 2.22. The molecule has 1 aromatic heterocycles. The van der Waals surface area contributed by atoms with Gasteiger partial charge in [0.15, 0.2) is 5.13 Å². The summed E-state index contributed by atoms with van der Waals surface area (Å²) in [7, 11) is 1.55. The quantitative estimate of drug-likeness (QED) is 0.837. The zero-order valence-corrected chi connectivity index (χ0v) is 12.5. The number of nitrogens with one attached hydrogen (secondary N) is 1. The minimum Gasteiger partial charge on any atom is -0.380 e. The van der Waals surface area contributed by atoms with Crippen LogP contribution in [0.3, 0.4) is 0 Å². The number of thiazole rings is 1. The molecule has 5 nitrogen and oxygen atoms in total. The number of halogens is 1. The third-order valence-corrected chi connectivity index (χ3v) is 3.41. The van der Waals surface area contributed by atoms with Gasteiger partial charge >= 0.3 is 0 Å². The Bertz CT molecular complexity index is 380. The number of anilines is 1. The number of methoxy groups -OCH3 is 1. The Balaban J connectivity index is 0.00000289. The predicted octanol–water partition coefficient (Wildman–Crippen LogP) is 1.74. The molecule has 3 N–H and O–H groups in total. The number of aromatic nitrogens is 1. The highest BCUT2D eigenvalue weighted by Gasteiger charge is 2.13. The van der Waals surface area contributed by atoms with Crippen LogP contribution in [0, 0.1) is 6.92 Å². The van der Waals surface area contributed by atoms with Crippen molar-refractivity contribution in [3.8, 4) is 0 Å². The highest BCUT2D eigenvalue weighted by atomic mass is 35.5. The van der Waals surface area contributed by atoms with E-state index in [4.69, 9.17) is 10.5 Å². The van der Waals surface area contributed by atoms with Crippen LogP contribution in [-0.2, 0) is 16.0 Å². The molecule has 0 aliphatic rings. The third-order valence-electron chi connectivity index (χ3n) is 2.48. The van der Waals surface area contributed by atoms with E-state index < -0.39 is 0 Å². The van der Waals surface area contributed by atoms with Crippen molar-refractivity contribution in [2.45, 2.75) is 32.8 Å². The lowest BCUT2D eigenvalue weighted by molar-refractivity contribution is -0.118. The summed E-state index contributed by atoms with van der Waals surface area (Å²) in [5.74, 6) is -0.112. The number of ether oxygens (including phenoxy) is 1. The van der Waals surface area contributed by atoms with Crippen molar-refractivity contribution in [2.24, 2.45) is 5.73 Å². The van der Waals surface area contributed by atoms with Gasteiger partial charge in [-0.1, -0.05) is 6.92 Å². The van der Waals surface area contributed by atoms with Gasteiger partial charge in [-0.15, -0.1) is 23.7 Å². The molecule has 1 amide bonds. The van der Waals surface area contributed by atoms with E-state index in [1.54, 1.807) is 7.11 Å². The Morgan fingerprint density at radius 3 is 2.72 bits per heavy atom. The number of hydrogen-bond acceptors (Lipinski definition) is 5. The minimum atomic E-state index is -0.235. The molecule has 0 saturated carbocycles. The zero-order chi connectivity index (χ0) is 12.8. The summed E-state index contributed by atoms with van der Waals surface area (Å²) in [4.78, 5) is 17.2. The van der Waals surface area contributed by atoms with Crippen LogP contribution in [-0.4, -0.2) is 30.6 Å². The number of carbonyl (C=O) groups is 1. The average molecular weight is 294 g/mol. The van der Waals surface area contributed by atoms with Crippen molar-refractivity contribution in [3.63, 3.8) is 0 Å². The SMILES string of the molecule is CCc1nc(NC(=O)CC(CN)OC)sc1C.Cl. The number of amides is 1. The van der Waals surface area contributed by atoms with E-state index in [0.29, 0.717) is 11.7 Å². The van der Waals surface area contributed by atoms with Crippen LogP contribution >= 0.6 is 23.7 Å². The molecule has 1 atom stereocenters. The summed E-state index contributed by atoms with van der Waals surface area (Å²) < 4.78 is 5.06. The second-order valence-corrected chi connectivity index (χ2v) is 4.92. The van der Waals surface area contributed by atoms with Crippen LogP contribution in [0.2, 0.25) is 0 Å². The van der Waals surface area contributed by atoms with Gasteiger partial charge < -0.3 is 15.8 Å². The zero-order valence-electron chi connectivity index (χ0n) is 10.9. The van der Waals surface area contributed by atoms with Gasteiger partial charge in [-0.3, -0.25) is 4.79 Å². The molecule has 0 spiro atoms. The second kappa shape index (κ2) is 8.42. The standard InChI is InChI=1S/C11H19N3O2S.ClH/c1-4-9-7(2)17-11(13-9)14-10(15)5-8(6-12)16-3;/h8H,4-6,12H2,1-3H3,(H,13,14,15);1H. The van der Waals surface area contributed by atoms with Crippen molar-refractivity contribution in [3.05, 3.63) is 10.6 Å². The van der Waals surface area contributed by atoms with Gasteiger partial charge in [-0.05, 0) is 13.3 Å². The molecule has 0 fully saturated rings. The maximum Gasteiger partial charge on any atom is 0.228 e. The molecule has 0 saturated heterocycles. The van der Waals surface area contributed by atoms with Crippen LogP contribution < -0.4 is 11.1 Å². The van der Waals surface area contributed by atoms with Crippen LogP contribution in [0.1, 0.15) is 23.9 Å². The molecule has 0 radical (unpaired) electrons. The molecule has 1 heterocycles. The van der Waals surface area contributed by atoms with Crippen molar-refractivity contribution in [2.75, 3.05) is 19.0 Å². The fourth-order valence-corrected chi connectivity index (χ4v) is 2.37.